The van der Waals surface area contributed by atoms with Gasteiger partial charge in [0.25, 0.3) is 0 Å². The van der Waals surface area contributed by atoms with Gasteiger partial charge in [0, 0.05) is 13.1 Å². The quantitative estimate of drug-likeness (QED) is 0.817. The number of rotatable bonds is 5. The van der Waals surface area contributed by atoms with Crippen molar-refractivity contribution in [3.8, 4) is 0 Å². The van der Waals surface area contributed by atoms with Crippen LogP contribution in [0.3, 0.4) is 0 Å². The number of ether oxygens (including phenoxy) is 1. The van der Waals surface area contributed by atoms with E-state index in [-0.39, 0.29) is 5.69 Å². The average molecular weight is 286 g/mol. The van der Waals surface area contributed by atoms with Crippen LogP contribution in [0.15, 0.2) is 18.2 Å². The van der Waals surface area contributed by atoms with Gasteiger partial charge in [0.05, 0.1) is 5.69 Å². The molecular weight excluding hydrogens is 266 g/mol. The summed E-state index contributed by atoms with van der Waals surface area (Å²) in [7, 11) is 0. The van der Waals surface area contributed by atoms with E-state index >= 15 is 0 Å². The Morgan fingerprint density at radius 3 is 2.60 bits per heavy atom. The van der Waals surface area contributed by atoms with Crippen molar-refractivity contribution in [3.63, 3.8) is 0 Å². The number of halogens is 2. The summed E-state index contributed by atoms with van der Waals surface area (Å²) in [5.41, 5.74) is -0.421. The molecule has 0 aliphatic rings. The van der Waals surface area contributed by atoms with Gasteiger partial charge in [-0.15, -0.1) is 0 Å². The molecule has 0 aliphatic heterocycles. The first-order chi connectivity index (χ1) is 9.29. The molecular formula is C14H20F2N2O2. The van der Waals surface area contributed by atoms with Crippen molar-refractivity contribution >= 4 is 11.8 Å². The van der Waals surface area contributed by atoms with Crippen molar-refractivity contribution in [2.75, 3.05) is 18.4 Å². The van der Waals surface area contributed by atoms with Crippen LogP contribution in [0.5, 0.6) is 0 Å². The second-order valence-corrected chi connectivity index (χ2v) is 5.31. The van der Waals surface area contributed by atoms with Crippen LogP contribution >= 0.6 is 0 Å². The highest BCUT2D eigenvalue weighted by atomic mass is 19.2. The lowest BCUT2D eigenvalue weighted by molar-refractivity contribution is 0.0528. The highest BCUT2D eigenvalue weighted by Crippen LogP contribution is 2.16. The Kier molecular flexibility index (Phi) is 5.73. The second kappa shape index (κ2) is 7.07. The number of anilines is 1. The number of alkyl carbamates (subject to hydrolysis) is 1. The SMILES string of the molecule is CC(C)(C)OC(=O)NCCCNc1cccc(F)c1F. The highest BCUT2D eigenvalue weighted by Gasteiger charge is 2.15. The van der Waals surface area contributed by atoms with Gasteiger partial charge in [-0.3, -0.25) is 0 Å². The molecule has 0 spiro atoms. The molecule has 1 amide bonds. The lowest BCUT2D eigenvalue weighted by Gasteiger charge is -2.19. The molecule has 112 valence electrons. The van der Waals surface area contributed by atoms with Crippen LogP contribution in [-0.2, 0) is 4.74 Å². The van der Waals surface area contributed by atoms with Crippen molar-refractivity contribution in [2.24, 2.45) is 0 Å². The second-order valence-electron chi connectivity index (χ2n) is 5.31. The van der Waals surface area contributed by atoms with E-state index < -0.39 is 23.3 Å². The van der Waals surface area contributed by atoms with E-state index in [0.29, 0.717) is 19.5 Å². The first kappa shape index (κ1) is 16.2. The standard InChI is InChI=1S/C14H20F2N2O2/c1-14(2,3)20-13(19)18-9-5-8-17-11-7-4-6-10(15)12(11)16/h4,6-7,17H,5,8-9H2,1-3H3,(H,18,19). The van der Waals surface area contributed by atoms with Crippen LogP contribution < -0.4 is 10.6 Å². The maximum absolute atomic E-state index is 13.3. The summed E-state index contributed by atoms with van der Waals surface area (Å²) in [6.07, 6.45) is 0.0734. The van der Waals surface area contributed by atoms with E-state index in [1.807, 2.05) is 0 Å². The first-order valence-corrected chi connectivity index (χ1v) is 6.44. The van der Waals surface area contributed by atoms with Gasteiger partial charge in [0.1, 0.15) is 5.60 Å². The Labute approximate surface area is 117 Å². The lowest BCUT2D eigenvalue weighted by Crippen LogP contribution is -2.33. The lowest BCUT2D eigenvalue weighted by atomic mass is 10.2. The molecule has 1 rings (SSSR count). The molecule has 0 fully saturated rings. The summed E-state index contributed by atoms with van der Waals surface area (Å²) in [5.74, 6) is -1.78. The van der Waals surface area contributed by atoms with Gasteiger partial charge < -0.3 is 15.4 Å². The normalized spacial score (nSPS) is 11.1. The highest BCUT2D eigenvalue weighted by molar-refractivity contribution is 5.67. The smallest absolute Gasteiger partial charge is 0.407 e. The van der Waals surface area contributed by atoms with Crippen LogP contribution in [0.4, 0.5) is 19.3 Å². The van der Waals surface area contributed by atoms with Gasteiger partial charge in [-0.1, -0.05) is 6.07 Å². The monoisotopic (exact) mass is 286 g/mol. The van der Waals surface area contributed by atoms with Crippen LogP contribution in [-0.4, -0.2) is 24.8 Å². The predicted octanol–water partition coefficient (Wildman–Crippen LogP) is 3.29. The van der Waals surface area contributed by atoms with Crippen LogP contribution in [0.1, 0.15) is 27.2 Å². The van der Waals surface area contributed by atoms with E-state index in [1.165, 1.54) is 12.1 Å². The predicted molar refractivity (Wildman–Crippen MR) is 73.7 cm³/mol. The molecule has 0 unspecified atom stereocenters. The average Bonchev–Trinajstić information content (AvgIpc) is 2.31. The number of carbonyl (C=O) groups is 1. The minimum atomic E-state index is -0.896. The zero-order chi connectivity index (χ0) is 15.2. The zero-order valence-electron chi connectivity index (χ0n) is 11.9. The number of benzene rings is 1. The first-order valence-electron chi connectivity index (χ1n) is 6.44. The van der Waals surface area contributed by atoms with Crippen LogP contribution in [0.25, 0.3) is 0 Å². The third-order valence-electron chi connectivity index (χ3n) is 2.29. The number of hydrogen-bond acceptors (Lipinski definition) is 3. The Hall–Kier alpha value is -1.85. The van der Waals surface area contributed by atoms with E-state index in [2.05, 4.69) is 10.6 Å². The van der Waals surface area contributed by atoms with Crippen LogP contribution in [0, 0.1) is 11.6 Å². The van der Waals surface area contributed by atoms with Gasteiger partial charge in [-0.2, -0.15) is 0 Å². The van der Waals surface area contributed by atoms with Gasteiger partial charge in [-0.05, 0) is 39.3 Å². The molecule has 0 heterocycles. The van der Waals surface area contributed by atoms with Crippen molar-refractivity contribution in [3.05, 3.63) is 29.8 Å². The van der Waals surface area contributed by atoms with E-state index in [9.17, 15) is 13.6 Å². The zero-order valence-corrected chi connectivity index (χ0v) is 11.9. The summed E-state index contributed by atoms with van der Waals surface area (Å²) in [4.78, 5) is 11.3. The molecule has 0 saturated carbocycles. The van der Waals surface area contributed by atoms with Gasteiger partial charge in [0.2, 0.25) is 0 Å². The van der Waals surface area contributed by atoms with Crippen LogP contribution in [0.2, 0.25) is 0 Å². The minimum absolute atomic E-state index is 0.113. The summed E-state index contributed by atoms with van der Waals surface area (Å²) < 4.78 is 31.3. The third-order valence-corrected chi connectivity index (χ3v) is 2.29. The largest absolute Gasteiger partial charge is 0.444 e. The molecule has 0 bridgehead atoms. The van der Waals surface area contributed by atoms with Crippen molar-refractivity contribution in [1.82, 2.24) is 5.32 Å². The fraction of sp³-hybridized carbons (Fsp3) is 0.500. The molecule has 1 aromatic carbocycles. The molecule has 0 aliphatic carbocycles. The molecule has 0 atom stereocenters. The number of carbonyl (C=O) groups excluding carboxylic acids is 1. The van der Waals surface area contributed by atoms with E-state index in [0.717, 1.165) is 6.07 Å². The summed E-state index contributed by atoms with van der Waals surface area (Å²) >= 11 is 0. The minimum Gasteiger partial charge on any atom is -0.444 e. The fourth-order valence-electron chi connectivity index (χ4n) is 1.46. The molecule has 0 aromatic heterocycles. The number of amides is 1. The van der Waals surface area contributed by atoms with Crippen molar-refractivity contribution in [2.45, 2.75) is 32.8 Å². The van der Waals surface area contributed by atoms with Gasteiger partial charge in [0.15, 0.2) is 11.6 Å². The Balaban J connectivity index is 2.23. The molecule has 2 N–H and O–H groups in total. The molecule has 1 aromatic rings. The molecule has 0 radical (unpaired) electrons. The summed E-state index contributed by atoms with van der Waals surface area (Å²) in [5, 5.41) is 5.35. The fourth-order valence-corrected chi connectivity index (χ4v) is 1.46. The van der Waals surface area contributed by atoms with E-state index in [1.54, 1.807) is 20.8 Å². The third kappa shape index (κ3) is 5.86. The number of hydrogen-bond donors (Lipinski definition) is 2. The Morgan fingerprint density at radius 1 is 1.25 bits per heavy atom. The maximum Gasteiger partial charge on any atom is 0.407 e. The Bertz CT molecular complexity index is 459. The molecule has 6 heteroatoms. The van der Waals surface area contributed by atoms with Gasteiger partial charge in [-0.25, -0.2) is 13.6 Å². The summed E-state index contributed by atoms with van der Waals surface area (Å²) in [6, 6.07) is 3.95. The topological polar surface area (TPSA) is 50.4 Å². The molecule has 20 heavy (non-hydrogen) atoms. The molecule has 0 saturated heterocycles. The van der Waals surface area contributed by atoms with Crippen molar-refractivity contribution < 1.29 is 18.3 Å². The van der Waals surface area contributed by atoms with E-state index in [4.69, 9.17) is 4.74 Å². The summed E-state index contributed by atoms with van der Waals surface area (Å²) in [6.45, 7) is 6.14. The van der Waals surface area contributed by atoms with Crippen molar-refractivity contribution in [1.29, 1.82) is 0 Å². The maximum atomic E-state index is 13.3. The number of nitrogens with one attached hydrogen (secondary N) is 2. The molecule has 4 nitrogen and oxygen atoms in total. The van der Waals surface area contributed by atoms with Gasteiger partial charge >= 0.3 is 6.09 Å². The Morgan fingerprint density at radius 2 is 1.95 bits per heavy atom.